The molecule has 0 aliphatic heterocycles. The molecule has 36 heavy (non-hydrogen) atoms. The van der Waals surface area contributed by atoms with Crippen molar-refractivity contribution in [3.8, 4) is 5.75 Å². The van der Waals surface area contributed by atoms with Crippen LogP contribution in [0.5, 0.6) is 5.75 Å². The number of carbonyl (C=O) groups excluding carboxylic acids is 3. The summed E-state index contributed by atoms with van der Waals surface area (Å²) < 4.78 is 0. The summed E-state index contributed by atoms with van der Waals surface area (Å²) in [5.74, 6) is -0.838. The maximum atomic E-state index is 13.3. The Bertz CT molecular complexity index is 938. The monoisotopic (exact) mass is 502 g/mol. The van der Waals surface area contributed by atoms with Crippen molar-refractivity contribution in [2.24, 2.45) is 5.92 Å². The van der Waals surface area contributed by atoms with Crippen LogP contribution in [0.15, 0.2) is 18.2 Å². The van der Waals surface area contributed by atoms with E-state index in [0.717, 1.165) is 6.42 Å². The zero-order valence-electron chi connectivity index (χ0n) is 23.5. The van der Waals surface area contributed by atoms with Crippen LogP contribution in [0.3, 0.4) is 0 Å². The molecule has 0 spiro atoms. The molecular formula is C28H46N4O4. The van der Waals surface area contributed by atoms with Crippen molar-refractivity contribution in [1.29, 1.82) is 0 Å². The third-order valence-electron chi connectivity index (χ3n) is 7.48. The van der Waals surface area contributed by atoms with E-state index >= 15 is 0 Å². The molecule has 1 aromatic rings. The minimum absolute atomic E-state index is 0.0417. The van der Waals surface area contributed by atoms with Crippen molar-refractivity contribution in [1.82, 2.24) is 20.4 Å². The third-order valence-corrected chi connectivity index (χ3v) is 7.48. The molecule has 0 heterocycles. The fraction of sp³-hybridized carbons (Fsp3) is 0.679. The van der Waals surface area contributed by atoms with Gasteiger partial charge < -0.3 is 25.5 Å². The molecule has 3 N–H and O–H groups in total. The summed E-state index contributed by atoms with van der Waals surface area (Å²) in [4.78, 5) is 42.9. The van der Waals surface area contributed by atoms with Crippen LogP contribution in [-0.4, -0.2) is 77.4 Å². The van der Waals surface area contributed by atoms with Gasteiger partial charge in [-0.1, -0.05) is 20.8 Å². The van der Waals surface area contributed by atoms with Crippen molar-refractivity contribution >= 4 is 17.7 Å². The van der Waals surface area contributed by atoms with Gasteiger partial charge in [-0.15, -0.1) is 0 Å². The molecule has 2 rings (SSSR count). The van der Waals surface area contributed by atoms with Gasteiger partial charge in [-0.05, 0) is 77.6 Å². The van der Waals surface area contributed by atoms with Gasteiger partial charge in [-0.3, -0.25) is 14.4 Å². The zero-order chi connectivity index (χ0) is 27.4. The van der Waals surface area contributed by atoms with E-state index in [9.17, 15) is 19.5 Å². The molecule has 3 atom stereocenters. The van der Waals surface area contributed by atoms with Gasteiger partial charge in [-0.2, -0.15) is 0 Å². The molecule has 8 nitrogen and oxygen atoms in total. The Balaban J connectivity index is 2.07. The summed E-state index contributed by atoms with van der Waals surface area (Å²) in [5.41, 5.74) is 0.720. The van der Waals surface area contributed by atoms with E-state index in [1.54, 1.807) is 17.0 Å². The largest absolute Gasteiger partial charge is 0.508 e. The summed E-state index contributed by atoms with van der Waals surface area (Å²) in [6, 6.07) is 5.14. The Morgan fingerprint density at radius 3 is 2.25 bits per heavy atom. The standard InChI is InChI=1S/C28H46N4O4/c1-17(2)31(8)20-11-12-23(21(15-20)27(36)32(9)18(3)4)30-25(34)16-29-26(35)19-10-13-24(33)22(14-19)28(5,6)7/h10,13-14,17-18,20-21,23,33H,11-12,15-16H2,1-9H3,(H,29,35)(H,30,34)/t20-,21-,23+/m1/s1. The predicted octanol–water partition coefficient (Wildman–Crippen LogP) is 3.28. The first-order valence-electron chi connectivity index (χ1n) is 13.0. The predicted molar refractivity (Wildman–Crippen MR) is 143 cm³/mol. The third kappa shape index (κ3) is 7.45. The molecule has 0 radical (unpaired) electrons. The Hall–Kier alpha value is -2.61. The quantitative estimate of drug-likeness (QED) is 0.506. The first-order valence-corrected chi connectivity index (χ1v) is 13.0. The van der Waals surface area contributed by atoms with Crippen LogP contribution in [0, 0.1) is 5.92 Å². The highest BCUT2D eigenvalue weighted by molar-refractivity contribution is 5.97. The Morgan fingerprint density at radius 1 is 1.06 bits per heavy atom. The van der Waals surface area contributed by atoms with Crippen LogP contribution in [0.2, 0.25) is 0 Å². The molecule has 3 amide bonds. The van der Waals surface area contributed by atoms with Crippen molar-refractivity contribution < 1.29 is 19.5 Å². The van der Waals surface area contributed by atoms with Gasteiger partial charge in [0.2, 0.25) is 11.8 Å². The van der Waals surface area contributed by atoms with Crippen LogP contribution in [0.1, 0.15) is 83.7 Å². The lowest BCUT2D eigenvalue weighted by Gasteiger charge is -2.42. The molecular weight excluding hydrogens is 456 g/mol. The van der Waals surface area contributed by atoms with Gasteiger partial charge in [0.1, 0.15) is 5.75 Å². The van der Waals surface area contributed by atoms with E-state index < -0.39 is 0 Å². The molecule has 1 aliphatic rings. The highest BCUT2D eigenvalue weighted by atomic mass is 16.3. The number of hydrogen-bond acceptors (Lipinski definition) is 5. The fourth-order valence-corrected chi connectivity index (χ4v) is 4.70. The smallest absolute Gasteiger partial charge is 0.251 e. The van der Waals surface area contributed by atoms with Gasteiger partial charge in [0.05, 0.1) is 12.5 Å². The SMILES string of the molecule is CC(C)N(C)C(=O)[C@@H]1C[C@H](N(C)C(C)C)CC[C@@H]1NC(=O)CNC(=O)c1ccc(O)c(C(C)(C)C)c1. The molecule has 0 saturated heterocycles. The topological polar surface area (TPSA) is 102 Å². The summed E-state index contributed by atoms with van der Waals surface area (Å²) in [6.45, 7) is 13.9. The molecule has 202 valence electrons. The number of carbonyl (C=O) groups is 3. The van der Waals surface area contributed by atoms with Crippen LogP contribution in [0.25, 0.3) is 0 Å². The highest BCUT2D eigenvalue weighted by Crippen LogP contribution is 2.32. The second kappa shape index (κ2) is 12.1. The number of amides is 3. The van der Waals surface area contributed by atoms with Crippen molar-refractivity contribution in [2.75, 3.05) is 20.6 Å². The first kappa shape index (κ1) is 29.6. The number of nitrogens with one attached hydrogen (secondary N) is 2. The Morgan fingerprint density at radius 2 is 1.69 bits per heavy atom. The average molecular weight is 503 g/mol. The van der Waals surface area contributed by atoms with Crippen LogP contribution < -0.4 is 10.6 Å². The van der Waals surface area contributed by atoms with Gasteiger partial charge in [0.15, 0.2) is 0 Å². The summed E-state index contributed by atoms with van der Waals surface area (Å²) in [5, 5.41) is 15.9. The highest BCUT2D eigenvalue weighted by Gasteiger charge is 2.39. The van der Waals surface area contributed by atoms with Crippen LogP contribution in [0.4, 0.5) is 0 Å². The van der Waals surface area contributed by atoms with Gasteiger partial charge in [0, 0.05) is 42.3 Å². The van der Waals surface area contributed by atoms with Gasteiger partial charge >= 0.3 is 0 Å². The summed E-state index contributed by atoms with van der Waals surface area (Å²) >= 11 is 0. The minimum atomic E-state index is -0.384. The van der Waals surface area contributed by atoms with Crippen LogP contribution >= 0.6 is 0 Å². The summed E-state index contributed by atoms with van der Waals surface area (Å²) in [7, 11) is 3.90. The molecule has 1 aliphatic carbocycles. The fourth-order valence-electron chi connectivity index (χ4n) is 4.70. The van der Waals surface area contributed by atoms with Crippen molar-refractivity contribution in [2.45, 2.75) is 97.3 Å². The minimum Gasteiger partial charge on any atom is -0.508 e. The molecule has 1 fully saturated rings. The lowest BCUT2D eigenvalue weighted by molar-refractivity contribution is -0.139. The lowest BCUT2D eigenvalue weighted by Crippen LogP contribution is -2.55. The molecule has 8 heteroatoms. The Labute approximate surface area is 216 Å². The number of aromatic hydroxyl groups is 1. The normalized spacial score (nSPS) is 20.5. The second-order valence-corrected chi connectivity index (χ2v) is 11.7. The van der Waals surface area contributed by atoms with E-state index in [4.69, 9.17) is 0 Å². The number of nitrogens with zero attached hydrogens (tertiary/aromatic N) is 2. The number of rotatable bonds is 8. The number of phenols is 1. The van der Waals surface area contributed by atoms with E-state index in [1.165, 1.54) is 6.07 Å². The lowest BCUT2D eigenvalue weighted by atomic mass is 9.79. The first-order chi connectivity index (χ1) is 16.6. The van der Waals surface area contributed by atoms with Gasteiger partial charge in [0.25, 0.3) is 5.91 Å². The van der Waals surface area contributed by atoms with E-state index in [1.807, 2.05) is 41.7 Å². The number of hydrogen-bond donors (Lipinski definition) is 3. The van der Waals surface area contributed by atoms with Crippen molar-refractivity contribution in [3.63, 3.8) is 0 Å². The second-order valence-electron chi connectivity index (χ2n) is 11.7. The van der Waals surface area contributed by atoms with Crippen LogP contribution in [-0.2, 0) is 15.0 Å². The van der Waals surface area contributed by atoms with E-state index in [-0.39, 0.29) is 59.5 Å². The maximum absolute atomic E-state index is 13.3. The average Bonchev–Trinajstić information content (AvgIpc) is 2.80. The maximum Gasteiger partial charge on any atom is 0.251 e. The molecule has 0 aromatic heterocycles. The van der Waals surface area contributed by atoms with Crippen molar-refractivity contribution in [3.05, 3.63) is 29.3 Å². The molecule has 1 aromatic carbocycles. The summed E-state index contributed by atoms with van der Waals surface area (Å²) in [6.07, 6.45) is 2.28. The molecule has 0 bridgehead atoms. The number of benzene rings is 1. The van der Waals surface area contributed by atoms with E-state index in [0.29, 0.717) is 30.0 Å². The Kier molecular flexibility index (Phi) is 9.94. The number of phenolic OH excluding ortho intramolecular Hbond substituents is 1. The molecule has 1 saturated carbocycles. The zero-order valence-corrected chi connectivity index (χ0v) is 23.5. The van der Waals surface area contributed by atoms with E-state index in [2.05, 4.69) is 36.4 Å². The molecule has 0 unspecified atom stereocenters. The van der Waals surface area contributed by atoms with Gasteiger partial charge in [-0.25, -0.2) is 0 Å².